The molecular weight excluding hydrogens is 360 g/mol. The maximum atomic E-state index is 12.1. The molecule has 0 saturated heterocycles. The van der Waals surface area contributed by atoms with Crippen molar-refractivity contribution in [1.82, 2.24) is 5.32 Å². The van der Waals surface area contributed by atoms with Crippen molar-refractivity contribution in [2.45, 2.75) is 26.4 Å². The highest BCUT2D eigenvalue weighted by Crippen LogP contribution is 2.34. The number of anilines is 1. The second kappa shape index (κ2) is 10.3. The number of urea groups is 1. The Hall–Kier alpha value is -3.09. The predicted octanol–water partition coefficient (Wildman–Crippen LogP) is 3.86. The minimum absolute atomic E-state index is 0.107. The molecule has 2 rings (SSSR count). The molecule has 28 heavy (non-hydrogen) atoms. The van der Waals surface area contributed by atoms with Gasteiger partial charge < -0.3 is 29.6 Å². The van der Waals surface area contributed by atoms with E-state index in [0.29, 0.717) is 35.9 Å². The third-order valence-corrected chi connectivity index (χ3v) is 3.95. The van der Waals surface area contributed by atoms with Crippen molar-refractivity contribution >= 4 is 11.7 Å². The molecule has 0 fully saturated rings. The second-order valence-corrected chi connectivity index (χ2v) is 6.34. The molecule has 2 aromatic carbocycles. The predicted molar refractivity (Wildman–Crippen MR) is 109 cm³/mol. The Morgan fingerprint density at radius 1 is 0.929 bits per heavy atom. The fourth-order valence-corrected chi connectivity index (χ4v) is 2.66. The molecule has 7 heteroatoms. The van der Waals surface area contributed by atoms with Gasteiger partial charge in [-0.15, -0.1) is 0 Å². The lowest BCUT2D eigenvalue weighted by Crippen LogP contribution is -2.30. The minimum Gasteiger partial charge on any atom is -0.496 e. The second-order valence-electron chi connectivity index (χ2n) is 6.34. The largest absolute Gasteiger partial charge is 0.496 e. The number of carbonyl (C=O) groups excluding carboxylic acids is 1. The lowest BCUT2D eigenvalue weighted by atomic mass is 10.1. The Morgan fingerprint density at radius 3 is 2.11 bits per heavy atom. The highest BCUT2D eigenvalue weighted by molar-refractivity contribution is 5.89. The molecule has 0 heterocycles. The summed E-state index contributed by atoms with van der Waals surface area (Å²) in [5.41, 5.74) is 1.60. The third-order valence-electron chi connectivity index (χ3n) is 3.95. The molecule has 7 nitrogen and oxygen atoms in total. The van der Waals surface area contributed by atoms with Crippen molar-refractivity contribution in [3.8, 4) is 23.0 Å². The Morgan fingerprint density at radius 2 is 1.54 bits per heavy atom. The van der Waals surface area contributed by atoms with Crippen LogP contribution >= 0.6 is 0 Å². The molecular formula is C21H28N2O5. The van der Waals surface area contributed by atoms with E-state index >= 15 is 0 Å². The molecule has 0 spiro atoms. The van der Waals surface area contributed by atoms with Gasteiger partial charge in [-0.25, -0.2) is 4.79 Å². The number of ether oxygens (including phenoxy) is 4. The summed E-state index contributed by atoms with van der Waals surface area (Å²) >= 11 is 0. The first-order valence-electron chi connectivity index (χ1n) is 9.07. The average molecular weight is 388 g/mol. The van der Waals surface area contributed by atoms with Gasteiger partial charge in [0, 0.05) is 18.3 Å². The van der Waals surface area contributed by atoms with Crippen LogP contribution in [0, 0.1) is 0 Å². The Bertz CT molecular complexity index is 775. The molecule has 0 aliphatic carbocycles. The minimum atomic E-state index is -0.281. The van der Waals surface area contributed by atoms with Gasteiger partial charge in [-0.05, 0) is 56.2 Å². The first-order valence-corrected chi connectivity index (χ1v) is 9.07. The van der Waals surface area contributed by atoms with Gasteiger partial charge in [-0.3, -0.25) is 0 Å². The number of hydrogen-bond acceptors (Lipinski definition) is 5. The summed E-state index contributed by atoms with van der Waals surface area (Å²) in [5, 5.41) is 5.63. The average Bonchev–Trinajstić information content (AvgIpc) is 2.68. The number of rotatable bonds is 9. The van der Waals surface area contributed by atoms with E-state index in [2.05, 4.69) is 10.6 Å². The van der Waals surface area contributed by atoms with Crippen LogP contribution in [0.5, 0.6) is 23.0 Å². The zero-order chi connectivity index (χ0) is 20.5. The van der Waals surface area contributed by atoms with E-state index in [1.54, 1.807) is 39.5 Å². The van der Waals surface area contributed by atoms with E-state index in [0.717, 1.165) is 11.3 Å². The van der Waals surface area contributed by atoms with Crippen LogP contribution in [0.15, 0.2) is 36.4 Å². The number of benzene rings is 2. The van der Waals surface area contributed by atoms with E-state index < -0.39 is 0 Å². The molecule has 0 radical (unpaired) electrons. The van der Waals surface area contributed by atoms with Gasteiger partial charge in [-0.1, -0.05) is 0 Å². The van der Waals surface area contributed by atoms with E-state index in [-0.39, 0.29) is 12.1 Å². The van der Waals surface area contributed by atoms with Crippen LogP contribution in [0.2, 0.25) is 0 Å². The summed E-state index contributed by atoms with van der Waals surface area (Å²) in [6, 6.07) is 10.6. The lowest BCUT2D eigenvalue weighted by Gasteiger charge is -2.14. The van der Waals surface area contributed by atoms with E-state index in [9.17, 15) is 4.79 Å². The summed E-state index contributed by atoms with van der Waals surface area (Å²) < 4.78 is 21.6. The first kappa shape index (κ1) is 21.2. The van der Waals surface area contributed by atoms with Crippen LogP contribution in [0.1, 0.15) is 19.4 Å². The number of amides is 2. The van der Waals surface area contributed by atoms with Gasteiger partial charge in [-0.2, -0.15) is 0 Å². The fourth-order valence-electron chi connectivity index (χ4n) is 2.66. The van der Waals surface area contributed by atoms with Crippen molar-refractivity contribution in [2.75, 3.05) is 33.2 Å². The molecule has 2 amide bonds. The number of hydrogen-bond donors (Lipinski definition) is 2. The molecule has 0 atom stereocenters. The van der Waals surface area contributed by atoms with Gasteiger partial charge in [0.1, 0.15) is 11.5 Å². The topological polar surface area (TPSA) is 78.0 Å². The fraction of sp³-hybridized carbons (Fsp3) is 0.381. The Labute approximate surface area is 165 Å². The van der Waals surface area contributed by atoms with Crippen molar-refractivity contribution in [1.29, 1.82) is 0 Å². The molecule has 0 saturated carbocycles. The maximum Gasteiger partial charge on any atom is 0.319 e. The Balaban J connectivity index is 1.89. The molecule has 0 aliphatic rings. The first-order chi connectivity index (χ1) is 13.5. The van der Waals surface area contributed by atoms with Crippen molar-refractivity contribution in [2.24, 2.45) is 0 Å². The van der Waals surface area contributed by atoms with Crippen molar-refractivity contribution in [3.63, 3.8) is 0 Å². The Kier molecular flexibility index (Phi) is 7.80. The van der Waals surface area contributed by atoms with Crippen LogP contribution < -0.4 is 29.6 Å². The molecule has 0 unspecified atom stereocenters. The van der Waals surface area contributed by atoms with Crippen LogP contribution in [-0.4, -0.2) is 40.0 Å². The molecule has 152 valence electrons. The monoisotopic (exact) mass is 388 g/mol. The maximum absolute atomic E-state index is 12.1. The van der Waals surface area contributed by atoms with Gasteiger partial charge in [0.2, 0.25) is 0 Å². The van der Waals surface area contributed by atoms with Gasteiger partial charge >= 0.3 is 6.03 Å². The summed E-state index contributed by atoms with van der Waals surface area (Å²) in [7, 11) is 4.75. The van der Waals surface area contributed by atoms with Crippen molar-refractivity contribution < 1.29 is 23.7 Å². The highest BCUT2D eigenvalue weighted by atomic mass is 16.5. The highest BCUT2D eigenvalue weighted by Gasteiger charge is 2.12. The van der Waals surface area contributed by atoms with Gasteiger partial charge in [0.25, 0.3) is 0 Å². The number of carbonyl (C=O) groups is 1. The molecule has 2 aromatic rings. The number of nitrogens with one attached hydrogen (secondary N) is 2. The van der Waals surface area contributed by atoms with E-state index in [1.807, 2.05) is 32.0 Å². The summed E-state index contributed by atoms with van der Waals surface area (Å²) in [5.74, 6) is 2.66. The quantitative estimate of drug-likeness (QED) is 0.682. The molecule has 0 bridgehead atoms. The summed E-state index contributed by atoms with van der Waals surface area (Å²) in [6.45, 7) is 4.37. The molecule has 0 aromatic heterocycles. The third kappa shape index (κ3) is 5.97. The van der Waals surface area contributed by atoms with Crippen LogP contribution in [-0.2, 0) is 6.42 Å². The van der Waals surface area contributed by atoms with Crippen LogP contribution in [0.25, 0.3) is 0 Å². The molecule has 0 aliphatic heterocycles. The lowest BCUT2D eigenvalue weighted by molar-refractivity contribution is 0.242. The smallest absolute Gasteiger partial charge is 0.319 e. The summed E-state index contributed by atoms with van der Waals surface area (Å²) in [4.78, 5) is 12.1. The standard InChI is InChI=1S/C21H28N2O5/c1-14(2)28-17-8-6-16(7-9-17)23-21(24)22-11-10-15-12-19(26-4)20(27-5)13-18(15)25-3/h6-9,12-14H,10-11H2,1-5H3,(H2,22,23,24). The van der Waals surface area contributed by atoms with Gasteiger partial charge in [0.15, 0.2) is 11.5 Å². The SMILES string of the molecule is COc1cc(OC)c(OC)cc1CCNC(=O)Nc1ccc(OC(C)C)cc1. The normalized spacial score (nSPS) is 10.4. The zero-order valence-corrected chi connectivity index (χ0v) is 17.0. The van der Waals surface area contributed by atoms with E-state index in [1.165, 1.54) is 0 Å². The van der Waals surface area contributed by atoms with Crippen molar-refractivity contribution in [3.05, 3.63) is 42.0 Å². The zero-order valence-electron chi connectivity index (χ0n) is 17.0. The van der Waals surface area contributed by atoms with Gasteiger partial charge in [0.05, 0.1) is 27.4 Å². The molecule has 2 N–H and O–H groups in total. The van der Waals surface area contributed by atoms with E-state index in [4.69, 9.17) is 18.9 Å². The van der Waals surface area contributed by atoms with Crippen LogP contribution in [0.4, 0.5) is 10.5 Å². The summed E-state index contributed by atoms with van der Waals surface area (Å²) in [6.07, 6.45) is 0.689. The van der Waals surface area contributed by atoms with Crippen LogP contribution in [0.3, 0.4) is 0 Å². The number of methoxy groups -OCH3 is 3.